The van der Waals surface area contributed by atoms with Crippen LogP contribution in [0.2, 0.25) is 0 Å². The van der Waals surface area contributed by atoms with E-state index in [4.69, 9.17) is 0 Å². The van der Waals surface area contributed by atoms with Crippen LogP contribution >= 0.6 is 11.3 Å². The van der Waals surface area contributed by atoms with Gasteiger partial charge in [-0.1, -0.05) is 60.2 Å². The molecule has 25 heavy (non-hydrogen) atoms. The Kier molecular flexibility index (Phi) is 5.34. The topological polar surface area (TPSA) is 20.3 Å². The second-order valence-electron chi connectivity index (χ2n) is 6.06. The number of carbonyl (C=O) groups is 1. The molecule has 0 fully saturated rings. The molecule has 0 aliphatic heterocycles. The molecule has 3 aromatic rings. The van der Waals surface area contributed by atoms with Gasteiger partial charge in [0.15, 0.2) is 0 Å². The number of aryl methyl sites for hydroxylation is 1. The van der Waals surface area contributed by atoms with Gasteiger partial charge in [0.05, 0.1) is 9.88 Å². The quantitative estimate of drug-likeness (QED) is 0.524. The Morgan fingerprint density at radius 2 is 1.60 bits per heavy atom. The van der Waals surface area contributed by atoms with Crippen LogP contribution in [0.4, 0.5) is 5.00 Å². The monoisotopic (exact) mass is 349 g/mol. The van der Waals surface area contributed by atoms with E-state index in [-0.39, 0.29) is 5.78 Å². The molecule has 0 amide bonds. The molecule has 0 atom stereocenters. The van der Waals surface area contributed by atoms with Crippen molar-refractivity contribution in [2.24, 2.45) is 0 Å². The lowest BCUT2D eigenvalue weighted by Gasteiger charge is -2.20. The molecule has 2 aromatic carbocycles. The summed E-state index contributed by atoms with van der Waals surface area (Å²) in [5, 5.41) is 1.17. The number of hydrogen-bond donors (Lipinski definition) is 0. The molecule has 0 spiro atoms. The molecule has 0 radical (unpaired) electrons. The summed E-state index contributed by atoms with van der Waals surface area (Å²) in [6.45, 7) is 8.19. The Hall–Kier alpha value is -2.39. The van der Waals surface area contributed by atoms with Crippen LogP contribution in [-0.2, 0) is 0 Å². The Labute approximate surface area is 153 Å². The zero-order chi connectivity index (χ0) is 17.8. The lowest BCUT2D eigenvalue weighted by molar-refractivity contribution is 0.104. The lowest BCUT2D eigenvalue weighted by atomic mass is 10.0. The molecule has 0 aliphatic rings. The van der Waals surface area contributed by atoms with Gasteiger partial charge in [-0.15, -0.1) is 11.3 Å². The second-order valence-corrected chi connectivity index (χ2v) is 7.09. The minimum absolute atomic E-state index is 0.0978. The summed E-state index contributed by atoms with van der Waals surface area (Å²) in [5.74, 6) is 0.0978. The standard InChI is InChI=1S/C22H23NOS/c1-4-23(5-2)22-19(17-9-7-6-8-10-17)15-20(25-22)21(24)18-13-11-16(3)12-14-18/h6-15H,4-5H2,1-3H3. The summed E-state index contributed by atoms with van der Waals surface area (Å²) < 4.78 is 0. The van der Waals surface area contributed by atoms with Gasteiger partial charge in [0.1, 0.15) is 0 Å². The normalized spacial score (nSPS) is 10.7. The molecule has 0 saturated heterocycles. The van der Waals surface area contributed by atoms with Gasteiger partial charge < -0.3 is 4.90 Å². The van der Waals surface area contributed by atoms with Crippen LogP contribution < -0.4 is 4.90 Å². The fourth-order valence-electron chi connectivity index (χ4n) is 2.91. The van der Waals surface area contributed by atoms with Crippen LogP contribution in [0.15, 0.2) is 60.7 Å². The van der Waals surface area contributed by atoms with Crippen molar-refractivity contribution in [1.82, 2.24) is 0 Å². The summed E-state index contributed by atoms with van der Waals surface area (Å²) >= 11 is 1.60. The molecule has 2 nitrogen and oxygen atoms in total. The molecule has 0 N–H and O–H groups in total. The van der Waals surface area contributed by atoms with Crippen LogP contribution in [0.25, 0.3) is 11.1 Å². The van der Waals surface area contributed by atoms with E-state index < -0.39 is 0 Å². The van der Waals surface area contributed by atoms with Crippen molar-refractivity contribution in [3.05, 3.63) is 76.7 Å². The van der Waals surface area contributed by atoms with E-state index in [0.29, 0.717) is 0 Å². The lowest BCUT2D eigenvalue weighted by Crippen LogP contribution is -2.21. The van der Waals surface area contributed by atoms with Crippen molar-refractivity contribution in [1.29, 1.82) is 0 Å². The minimum atomic E-state index is 0.0978. The van der Waals surface area contributed by atoms with Crippen molar-refractivity contribution in [3.8, 4) is 11.1 Å². The highest BCUT2D eigenvalue weighted by molar-refractivity contribution is 7.18. The maximum Gasteiger partial charge on any atom is 0.203 e. The summed E-state index contributed by atoms with van der Waals surface area (Å²) in [5.41, 5.74) is 4.21. The van der Waals surface area contributed by atoms with Crippen LogP contribution in [0.1, 0.15) is 34.6 Å². The fraction of sp³-hybridized carbons (Fsp3) is 0.227. The second kappa shape index (κ2) is 7.66. The van der Waals surface area contributed by atoms with E-state index in [2.05, 4.69) is 36.9 Å². The van der Waals surface area contributed by atoms with Gasteiger partial charge in [-0.05, 0) is 32.4 Å². The maximum atomic E-state index is 12.9. The van der Waals surface area contributed by atoms with Gasteiger partial charge in [0, 0.05) is 24.2 Å². The number of nitrogens with zero attached hydrogens (tertiary/aromatic N) is 1. The third kappa shape index (κ3) is 3.67. The molecule has 1 heterocycles. The molecule has 3 rings (SSSR count). The van der Waals surface area contributed by atoms with Crippen molar-refractivity contribution >= 4 is 22.1 Å². The van der Waals surface area contributed by atoms with Gasteiger partial charge in [-0.3, -0.25) is 4.79 Å². The van der Waals surface area contributed by atoms with Gasteiger partial charge in [0.2, 0.25) is 5.78 Å². The highest BCUT2D eigenvalue weighted by Gasteiger charge is 2.19. The third-order valence-electron chi connectivity index (χ3n) is 4.39. The number of ketones is 1. The first-order valence-electron chi connectivity index (χ1n) is 8.69. The van der Waals surface area contributed by atoms with Crippen LogP contribution in [0, 0.1) is 6.92 Å². The van der Waals surface area contributed by atoms with E-state index in [1.807, 2.05) is 49.4 Å². The predicted molar refractivity (Wildman–Crippen MR) is 108 cm³/mol. The number of hydrogen-bond acceptors (Lipinski definition) is 3. The Morgan fingerprint density at radius 3 is 2.20 bits per heavy atom. The SMILES string of the molecule is CCN(CC)c1sc(C(=O)c2ccc(C)cc2)cc1-c1ccccc1. The molecule has 3 heteroatoms. The number of carbonyl (C=O) groups excluding carboxylic acids is 1. The van der Waals surface area contributed by atoms with Crippen molar-refractivity contribution in [2.75, 3.05) is 18.0 Å². The smallest absolute Gasteiger partial charge is 0.203 e. The average molecular weight is 349 g/mol. The molecule has 128 valence electrons. The van der Waals surface area contributed by atoms with E-state index >= 15 is 0 Å². The Balaban J connectivity index is 2.06. The molecular weight excluding hydrogens is 326 g/mol. The maximum absolute atomic E-state index is 12.9. The average Bonchev–Trinajstić information content (AvgIpc) is 3.09. The zero-order valence-corrected chi connectivity index (χ0v) is 15.8. The van der Waals surface area contributed by atoms with Crippen LogP contribution in [0.5, 0.6) is 0 Å². The molecule has 0 unspecified atom stereocenters. The number of thiophene rings is 1. The number of benzene rings is 2. The number of anilines is 1. The number of rotatable bonds is 6. The van der Waals surface area contributed by atoms with Gasteiger partial charge in [0.25, 0.3) is 0 Å². The summed E-state index contributed by atoms with van der Waals surface area (Å²) in [7, 11) is 0. The van der Waals surface area contributed by atoms with E-state index in [1.165, 1.54) is 5.00 Å². The summed E-state index contributed by atoms with van der Waals surface area (Å²) in [6, 6.07) is 20.2. The van der Waals surface area contributed by atoms with Crippen molar-refractivity contribution in [2.45, 2.75) is 20.8 Å². The predicted octanol–water partition coefficient (Wildman–Crippen LogP) is 5.80. The Morgan fingerprint density at radius 1 is 0.960 bits per heavy atom. The molecule has 1 aromatic heterocycles. The van der Waals surface area contributed by atoms with E-state index in [0.717, 1.165) is 40.2 Å². The summed E-state index contributed by atoms with van der Waals surface area (Å²) in [4.78, 5) is 16.1. The minimum Gasteiger partial charge on any atom is -0.363 e. The largest absolute Gasteiger partial charge is 0.363 e. The van der Waals surface area contributed by atoms with E-state index in [9.17, 15) is 4.79 Å². The zero-order valence-electron chi connectivity index (χ0n) is 15.0. The first-order chi connectivity index (χ1) is 12.1. The third-order valence-corrected chi connectivity index (χ3v) is 5.58. The fourth-order valence-corrected chi connectivity index (χ4v) is 4.18. The van der Waals surface area contributed by atoms with E-state index in [1.54, 1.807) is 11.3 Å². The first-order valence-corrected chi connectivity index (χ1v) is 9.51. The highest BCUT2D eigenvalue weighted by Crippen LogP contribution is 2.39. The molecule has 0 saturated carbocycles. The molecule has 0 aliphatic carbocycles. The molecule has 0 bridgehead atoms. The summed E-state index contributed by atoms with van der Waals surface area (Å²) in [6.07, 6.45) is 0. The first kappa shape index (κ1) is 17.4. The van der Waals surface area contributed by atoms with Gasteiger partial charge in [-0.25, -0.2) is 0 Å². The van der Waals surface area contributed by atoms with Crippen molar-refractivity contribution < 1.29 is 4.79 Å². The van der Waals surface area contributed by atoms with Crippen LogP contribution in [0.3, 0.4) is 0 Å². The van der Waals surface area contributed by atoms with Gasteiger partial charge >= 0.3 is 0 Å². The van der Waals surface area contributed by atoms with Gasteiger partial charge in [-0.2, -0.15) is 0 Å². The van der Waals surface area contributed by atoms with Crippen molar-refractivity contribution in [3.63, 3.8) is 0 Å². The Bertz CT molecular complexity index is 845. The van der Waals surface area contributed by atoms with Crippen LogP contribution in [-0.4, -0.2) is 18.9 Å². The molecular formula is C22H23NOS. The highest BCUT2D eigenvalue weighted by atomic mass is 32.1.